The highest BCUT2D eigenvalue weighted by atomic mass is 32.2. The highest BCUT2D eigenvalue weighted by molar-refractivity contribution is 7.92. The monoisotopic (exact) mass is 431 g/mol. The molecular formula is C21H16F3N3O2S. The average molecular weight is 431 g/mol. The minimum atomic E-state index is -4.21. The first-order chi connectivity index (χ1) is 14.3. The maximum Gasteiger partial charge on any atom is 0.263 e. The molecule has 0 amide bonds. The Morgan fingerprint density at radius 1 is 1.10 bits per heavy atom. The molecule has 0 spiro atoms. The van der Waals surface area contributed by atoms with Gasteiger partial charge in [0.05, 0.1) is 11.3 Å². The molecule has 0 fully saturated rings. The molecule has 1 unspecified atom stereocenters. The normalized spacial score (nSPS) is 16.0. The second kappa shape index (κ2) is 7.54. The third kappa shape index (κ3) is 3.55. The van der Waals surface area contributed by atoms with Gasteiger partial charge in [-0.1, -0.05) is 18.2 Å². The number of hydrogen-bond acceptors (Lipinski definition) is 3. The first kappa shape index (κ1) is 20.0. The molecule has 154 valence electrons. The summed E-state index contributed by atoms with van der Waals surface area (Å²) in [5, 5.41) is 8.75. The number of fused-ring (bicyclic) bond motifs is 1. The third-order valence-corrected chi connectivity index (χ3v) is 6.72. The van der Waals surface area contributed by atoms with Gasteiger partial charge in [0, 0.05) is 18.0 Å². The molecule has 1 heterocycles. The summed E-state index contributed by atoms with van der Waals surface area (Å²) in [5.74, 6) is -2.47. The largest absolute Gasteiger partial charge is 0.363 e. The molecule has 0 saturated carbocycles. The van der Waals surface area contributed by atoms with Crippen molar-refractivity contribution in [3.8, 4) is 6.07 Å². The maximum absolute atomic E-state index is 14.1. The number of aromatic amines is 1. The van der Waals surface area contributed by atoms with Gasteiger partial charge in [0.25, 0.3) is 10.0 Å². The fourth-order valence-corrected chi connectivity index (χ4v) is 5.14. The lowest BCUT2D eigenvalue weighted by Crippen LogP contribution is -2.18. The summed E-state index contributed by atoms with van der Waals surface area (Å²) in [6, 6.07) is 9.25. The highest BCUT2D eigenvalue weighted by Gasteiger charge is 2.30. The summed E-state index contributed by atoms with van der Waals surface area (Å²) < 4.78 is 69.7. The fourth-order valence-electron chi connectivity index (χ4n) is 3.82. The van der Waals surface area contributed by atoms with Crippen LogP contribution in [0.3, 0.4) is 0 Å². The molecule has 1 aliphatic carbocycles. The van der Waals surface area contributed by atoms with Crippen molar-refractivity contribution in [2.75, 3.05) is 4.72 Å². The molecule has 0 saturated heterocycles. The van der Waals surface area contributed by atoms with Gasteiger partial charge in [0.1, 0.15) is 28.4 Å². The number of sulfonamides is 1. The number of hydrogen-bond donors (Lipinski definition) is 2. The number of H-pyrrole nitrogens is 1. The SMILES string of the molecule is N#Cc1cc(F)c(NS(=O)(=O)c2c[nH]c3c2CCC(c2ccccc2F)C3)cc1F. The second-order valence-electron chi connectivity index (χ2n) is 7.10. The van der Waals surface area contributed by atoms with Crippen molar-refractivity contribution in [2.45, 2.75) is 30.1 Å². The number of aromatic nitrogens is 1. The zero-order valence-electron chi connectivity index (χ0n) is 15.5. The van der Waals surface area contributed by atoms with Crippen LogP contribution in [0.15, 0.2) is 47.5 Å². The van der Waals surface area contributed by atoms with Crippen LogP contribution < -0.4 is 4.72 Å². The van der Waals surface area contributed by atoms with Crippen LogP contribution in [0.25, 0.3) is 0 Å². The number of benzene rings is 2. The summed E-state index contributed by atoms with van der Waals surface area (Å²) in [5.41, 5.74) is 0.691. The van der Waals surface area contributed by atoms with Crippen molar-refractivity contribution < 1.29 is 21.6 Å². The lowest BCUT2D eigenvalue weighted by atomic mass is 9.83. The van der Waals surface area contributed by atoms with E-state index in [2.05, 4.69) is 9.71 Å². The van der Waals surface area contributed by atoms with Crippen molar-refractivity contribution in [1.82, 2.24) is 4.98 Å². The van der Waals surface area contributed by atoms with Gasteiger partial charge in [0.2, 0.25) is 0 Å². The number of anilines is 1. The number of nitriles is 1. The molecule has 3 aromatic rings. The van der Waals surface area contributed by atoms with E-state index < -0.39 is 32.9 Å². The first-order valence-electron chi connectivity index (χ1n) is 9.15. The Morgan fingerprint density at radius 3 is 2.60 bits per heavy atom. The predicted octanol–water partition coefficient (Wildman–Crippen LogP) is 4.38. The molecular weight excluding hydrogens is 415 g/mol. The van der Waals surface area contributed by atoms with Crippen LogP contribution in [0.2, 0.25) is 0 Å². The van der Waals surface area contributed by atoms with Crippen LogP contribution >= 0.6 is 0 Å². The van der Waals surface area contributed by atoms with Gasteiger partial charge < -0.3 is 4.98 Å². The molecule has 0 bridgehead atoms. The number of halogens is 3. The number of rotatable bonds is 4. The summed E-state index contributed by atoms with van der Waals surface area (Å²) >= 11 is 0. The minimum absolute atomic E-state index is 0.0614. The summed E-state index contributed by atoms with van der Waals surface area (Å²) in [6.07, 6.45) is 2.67. The Bertz CT molecular complexity index is 1280. The van der Waals surface area contributed by atoms with E-state index in [9.17, 15) is 21.6 Å². The standard InChI is InChI=1S/C21H16F3N3O2S/c22-16-4-2-1-3-14(16)12-5-6-15-19(8-12)26-11-21(15)30(28,29)27-20-9-17(23)13(10-25)7-18(20)24/h1-4,7,9,11-12,26-27H,5-6,8H2. The van der Waals surface area contributed by atoms with Crippen LogP contribution in [0, 0.1) is 28.8 Å². The second-order valence-corrected chi connectivity index (χ2v) is 8.75. The van der Waals surface area contributed by atoms with E-state index in [0.717, 1.165) is 0 Å². The molecule has 1 aliphatic rings. The Kier molecular flexibility index (Phi) is 5.03. The smallest absolute Gasteiger partial charge is 0.263 e. The zero-order valence-corrected chi connectivity index (χ0v) is 16.4. The summed E-state index contributed by atoms with van der Waals surface area (Å²) in [7, 11) is -4.21. The Labute approximate surface area is 171 Å². The molecule has 4 rings (SSSR count). The molecule has 2 aromatic carbocycles. The van der Waals surface area contributed by atoms with Crippen LogP contribution in [0.5, 0.6) is 0 Å². The molecule has 30 heavy (non-hydrogen) atoms. The Balaban J connectivity index is 1.62. The van der Waals surface area contributed by atoms with Crippen molar-refractivity contribution >= 4 is 15.7 Å². The topological polar surface area (TPSA) is 85.8 Å². The maximum atomic E-state index is 14.1. The van der Waals surface area contributed by atoms with Gasteiger partial charge >= 0.3 is 0 Å². The average Bonchev–Trinajstić information content (AvgIpc) is 3.15. The van der Waals surface area contributed by atoms with Gasteiger partial charge in [-0.15, -0.1) is 0 Å². The van der Waals surface area contributed by atoms with Crippen LogP contribution in [0.4, 0.5) is 18.9 Å². The predicted molar refractivity (Wildman–Crippen MR) is 104 cm³/mol. The molecule has 1 atom stereocenters. The lowest BCUT2D eigenvalue weighted by molar-refractivity contribution is 0.527. The Morgan fingerprint density at radius 2 is 1.87 bits per heavy atom. The summed E-state index contributed by atoms with van der Waals surface area (Å²) in [4.78, 5) is 2.87. The molecule has 0 radical (unpaired) electrons. The third-order valence-electron chi connectivity index (χ3n) is 5.29. The highest BCUT2D eigenvalue weighted by Crippen LogP contribution is 2.36. The minimum Gasteiger partial charge on any atom is -0.363 e. The lowest BCUT2D eigenvalue weighted by Gasteiger charge is -2.23. The molecule has 0 aliphatic heterocycles. The quantitative estimate of drug-likeness (QED) is 0.643. The van der Waals surface area contributed by atoms with E-state index in [-0.39, 0.29) is 16.6 Å². The van der Waals surface area contributed by atoms with E-state index in [1.807, 2.05) is 0 Å². The molecule has 2 N–H and O–H groups in total. The van der Waals surface area contributed by atoms with Crippen molar-refractivity contribution in [3.63, 3.8) is 0 Å². The molecule has 9 heteroatoms. The summed E-state index contributed by atoms with van der Waals surface area (Å²) in [6.45, 7) is 0. The van der Waals surface area contributed by atoms with E-state index in [1.54, 1.807) is 18.2 Å². The van der Waals surface area contributed by atoms with Crippen LogP contribution in [0.1, 0.15) is 34.7 Å². The fraction of sp³-hybridized carbons (Fsp3) is 0.190. The van der Waals surface area contributed by atoms with E-state index in [1.165, 1.54) is 18.3 Å². The number of nitrogens with zero attached hydrogens (tertiary/aromatic N) is 1. The van der Waals surface area contributed by atoms with Crippen LogP contribution in [-0.4, -0.2) is 13.4 Å². The van der Waals surface area contributed by atoms with Gasteiger partial charge in [-0.25, -0.2) is 21.6 Å². The van der Waals surface area contributed by atoms with E-state index in [0.29, 0.717) is 48.2 Å². The van der Waals surface area contributed by atoms with Gasteiger partial charge in [-0.3, -0.25) is 4.72 Å². The van der Waals surface area contributed by atoms with E-state index >= 15 is 0 Å². The van der Waals surface area contributed by atoms with Crippen LogP contribution in [-0.2, 0) is 22.9 Å². The zero-order chi connectivity index (χ0) is 21.5. The molecule has 1 aromatic heterocycles. The Hall–Kier alpha value is -3.25. The van der Waals surface area contributed by atoms with E-state index in [4.69, 9.17) is 5.26 Å². The van der Waals surface area contributed by atoms with Gasteiger partial charge in [-0.05, 0) is 48.4 Å². The molecule has 5 nitrogen and oxygen atoms in total. The first-order valence-corrected chi connectivity index (χ1v) is 10.6. The van der Waals surface area contributed by atoms with Gasteiger partial charge in [-0.2, -0.15) is 5.26 Å². The van der Waals surface area contributed by atoms with Crippen molar-refractivity contribution in [3.05, 3.63) is 82.4 Å². The van der Waals surface area contributed by atoms with Crippen molar-refractivity contribution in [2.24, 2.45) is 0 Å². The van der Waals surface area contributed by atoms with Crippen molar-refractivity contribution in [1.29, 1.82) is 5.26 Å². The number of nitrogens with one attached hydrogen (secondary N) is 2. The van der Waals surface area contributed by atoms with Gasteiger partial charge in [0.15, 0.2) is 0 Å².